The summed E-state index contributed by atoms with van der Waals surface area (Å²) in [6, 6.07) is -27.7. The van der Waals surface area contributed by atoms with Gasteiger partial charge in [0.1, 0.15) is 0 Å². The van der Waals surface area contributed by atoms with E-state index in [1.165, 1.54) is 0 Å². The summed E-state index contributed by atoms with van der Waals surface area (Å²) in [7, 11) is 0. The van der Waals surface area contributed by atoms with Crippen LogP contribution < -0.4 is 0 Å². The van der Waals surface area contributed by atoms with Crippen molar-refractivity contribution >= 4 is 64.6 Å². The van der Waals surface area contributed by atoms with E-state index in [0.717, 1.165) is 0 Å². The average Bonchev–Trinajstić information content (AvgIpc) is 2.52. The van der Waals surface area contributed by atoms with Crippen LogP contribution in [-0.2, 0) is 0 Å². The molecule has 0 bridgehead atoms. The Labute approximate surface area is 332 Å². The van der Waals surface area contributed by atoms with Crippen LogP contribution in [0.25, 0.3) is 109 Å². The maximum atomic E-state index is 10.1. The molecule has 0 radical (unpaired) electrons. The first-order valence-electron chi connectivity index (χ1n) is 30.0. The van der Waals surface area contributed by atoms with Gasteiger partial charge in [-0.1, -0.05) is 175 Å². The molecule has 0 nitrogen and oxygen atoms in total. The highest BCUT2D eigenvalue weighted by molar-refractivity contribution is 6.26. The van der Waals surface area contributed by atoms with Gasteiger partial charge in [0.25, 0.3) is 0 Å². The van der Waals surface area contributed by atoms with E-state index in [1.807, 2.05) is 0 Å². The molecule has 11 aromatic carbocycles. The molecule has 11 aromatic rings. The van der Waals surface area contributed by atoms with Gasteiger partial charge >= 0.3 is 0 Å². The Morgan fingerprint density at radius 1 is 0.240 bits per heavy atom. The smallest absolute Gasteiger partial charge is 0.0622 e. The molecule has 11 rings (SSSR count). The first-order chi connectivity index (χ1) is 37.3. The van der Waals surface area contributed by atoms with Crippen LogP contribution in [0.1, 0.15) is 41.1 Å². The van der Waals surface area contributed by atoms with Crippen molar-refractivity contribution in [2.24, 2.45) is 0 Å². The van der Waals surface area contributed by atoms with Crippen LogP contribution in [-0.4, -0.2) is 0 Å². The second kappa shape index (κ2) is 10.5. The van der Waals surface area contributed by atoms with Crippen LogP contribution in [0, 0.1) is 0 Å². The normalized spacial score (nSPS) is 20.4. The van der Waals surface area contributed by atoms with Gasteiger partial charge in [-0.15, -0.1) is 0 Å². The third-order valence-electron chi connectivity index (χ3n) is 8.56. The molecule has 50 heavy (non-hydrogen) atoms. The van der Waals surface area contributed by atoms with Crippen LogP contribution in [0.15, 0.2) is 181 Å². The second-order valence-corrected chi connectivity index (χ2v) is 11.2. The molecular formula is C50H30. The fourth-order valence-corrected chi connectivity index (χ4v) is 6.34. The van der Waals surface area contributed by atoms with E-state index < -0.39 is 274 Å². The summed E-state index contributed by atoms with van der Waals surface area (Å²) < 4.78 is 273. The summed E-state index contributed by atoms with van der Waals surface area (Å²) in [6.45, 7) is 0. The topological polar surface area (TPSA) is 0 Å². The predicted octanol–water partition coefficient (Wildman–Crippen LogP) is 14.1. The fourth-order valence-electron chi connectivity index (χ4n) is 6.34. The van der Waals surface area contributed by atoms with Gasteiger partial charge in [-0.2, -0.15) is 0 Å². The number of hydrogen-bond acceptors (Lipinski definition) is 0. The molecule has 230 valence electrons. The van der Waals surface area contributed by atoms with E-state index in [-0.39, 0.29) is 16.2 Å². The van der Waals surface area contributed by atoms with Crippen molar-refractivity contribution in [1.29, 1.82) is 0 Å². The zero-order chi connectivity index (χ0) is 58.9. The molecule has 0 aliphatic rings. The zero-order valence-electron chi connectivity index (χ0n) is 55.0. The van der Waals surface area contributed by atoms with Gasteiger partial charge < -0.3 is 0 Å². The Hall–Kier alpha value is -6.50. The summed E-state index contributed by atoms with van der Waals surface area (Å²) in [6.07, 6.45) is 0. The monoisotopic (exact) mass is 660 g/mol. The molecule has 0 atom stereocenters. The molecule has 0 aliphatic heterocycles. The SMILES string of the molecule is [2H]c1c([2H])c([2H])c(-c2c([2H])c([2H])c(-c3c([2H])c([2H])c4c([2H])c([2H])c5c([2H])c([2H])c([2H])c6c([2H])c([2H])c3c4c56)c([2H])c2-c2c([2H])c([2H])c(-c3c([2H])c([2H])c4c([2H])c([2H])c5c([2H])c([2H])c([2H])c6c([2H])c([2H])c3c4c56)c([2H])c2[2H])c([2H])c1[2H]. The van der Waals surface area contributed by atoms with Crippen molar-refractivity contribution in [3.8, 4) is 44.5 Å². The summed E-state index contributed by atoms with van der Waals surface area (Å²) >= 11 is 0. The van der Waals surface area contributed by atoms with E-state index in [0.29, 0.717) is 0 Å². The first-order valence-corrected chi connectivity index (χ1v) is 15.0. The highest BCUT2D eigenvalue weighted by Crippen LogP contribution is 2.43. The third kappa shape index (κ3) is 4.00. The lowest BCUT2D eigenvalue weighted by Crippen LogP contribution is -1.91. The number of hydrogen-bond donors (Lipinski definition) is 0. The third-order valence-corrected chi connectivity index (χ3v) is 8.56. The minimum atomic E-state index is -1.19. The summed E-state index contributed by atoms with van der Waals surface area (Å²) in [5, 5.41) is -5.31. The highest BCUT2D eigenvalue weighted by atomic mass is 14.2. The van der Waals surface area contributed by atoms with Crippen molar-refractivity contribution in [2.45, 2.75) is 0 Å². The first kappa shape index (κ1) is 11.3. The summed E-state index contributed by atoms with van der Waals surface area (Å²) in [5.41, 5.74) is -7.10. The molecule has 0 aliphatic carbocycles. The molecule has 0 saturated carbocycles. The van der Waals surface area contributed by atoms with Gasteiger partial charge in [0.2, 0.25) is 0 Å². The second-order valence-electron chi connectivity index (χ2n) is 11.2. The minimum absolute atomic E-state index is 0.303. The molecule has 0 heteroatoms. The molecule has 0 fully saturated rings. The molecular weight excluding hydrogens is 601 g/mol. The molecule has 0 heterocycles. The van der Waals surface area contributed by atoms with Crippen LogP contribution in [0.3, 0.4) is 0 Å². The standard InChI is InChI=1S/C50H30/c1-2-6-31(7-3-1)42-27-24-40(43-26-21-39-19-17-35-9-5-11-37-23-29-45(43)50(39)48(35)37)30-46(42)33-14-12-32(13-15-33)41-25-20-38-18-16-34-8-4-10-36-22-28-44(41)49(38)47(34)36/h1-30H/i1D,2D,3D,4D,5D,6D,7D,8D,9D,10D,11D,12D,13D,14D,15D,16D,17D,18D,19D,20D,21D,22D,23D,24D,25D,26D,27D,28D,29D,30D. The molecule has 0 amide bonds. The van der Waals surface area contributed by atoms with Crippen LogP contribution in [0.5, 0.6) is 0 Å². The Bertz CT molecular complexity index is 4700. The maximum Gasteiger partial charge on any atom is 0.0636 e. The quantitative estimate of drug-likeness (QED) is 0.165. The van der Waals surface area contributed by atoms with Crippen molar-refractivity contribution in [3.63, 3.8) is 0 Å². The van der Waals surface area contributed by atoms with Crippen molar-refractivity contribution in [3.05, 3.63) is 181 Å². The molecule has 0 spiro atoms. The highest BCUT2D eigenvalue weighted by Gasteiger charge is 2.16. The number of benzene rings is 11. The minimum Gasteiger partial charge on any atom is -0.0622 e. The van der Waals surface area contributed by atoms with Crippen molar-refractivity contribution in [2.75, 3.05) is 0 Å². The Morgan fingerprint density at radius 2 is 0.620 bits per heavy atom. The average molecular weight is 661 g/mol. The van der Waals surface area contributed by atoms with E-state index in [9.17, 15) is 17.8 Å². The van der Waals surface area contributed by atoms with E-state index in [1.54, 1.807) is 0 Å². The van der Waals surface area contributed by atoms with Gasteiger partial charge in [0.15, 0.2) is 0 Å². The van der Waals surface area contributed by atoms with E-state index >= 15 is 0 Å². The van der Waals surface area contributed by atoms with Gasteiger partial charge in [-0.05, 0) is 115 Å². The molecule has 0 unspecified atom stereocenters. The lowest BCUT2D eigenvalue weighted by Gasteiger charge is -2.17. The van der Waals surface area contributed by atoms with E-state index in [4.69, 9.17) is 23.3 Å². The molecule has 0 saturated heterocycles. The Morgan fingerprint density at radius 3 is 1.16 bits per heavy atom. The van der Waals surface area contributed by atoms with Gasteiger partial charge in [-0.25, -0.2) is 0 Å². The van der Waals surface area contributed by atoms with Crippen molar-refractivity contribution < 1.29 is 41.1 Å². The Kier molecular flexibility index (Phi) is 2.37. The van der Waals surface area contributed by atoms with Gasteiger partial charge in [0, 0.05) is 0 Å². The van der Waals surface area contributed by atoms with Crippen LogP contribution in [0.2, 0.25) is 0 Å². The fraction of sp³-hybridized carbons (Fsp3) is 0. The van der Waals surface area contributed by atoms with Crippen molar-refractivity contribution in [1.82, 2.24) is 0 Å². The zero-order valence-corrected chi connectivity index (χ0v) is 25.0. The Balaban J connectivity index is 1.35. The summed E-state index contributed by atoms with van der Waals surface area (Å²) in [4.78, 5) is 0. The van der Waals surface area contributed by atoms with Gasteiger partial charge in [-0.3, -0.25) is 0 Å². The largest absolute Gasteiger partial charge is 0.0636 e. The predicted molar refractivity (Wildman–Crippen MR) is 216 cm³/mol. The van der Waals surface area contributed by atoms with Crippen LogP contribution >= 0.6 is 0 Å². The summed E-state index contributed by atoms with van der Waals surface area (Å²) in [5.74, 6) is 0. The maximum absolute atomic E-state index is 10.1. The number of rotatable bonds is 4. The molecule has 0 aromatic heterocycles. The van der Waals surface area contributed by atoms with Crippen LogP contribution in [0.4, 0.5) is 0 Å². The lowest BCUT2D eigenvalue weighted by molar-refractivity contribution is 1.57. The molecule has 0 N–H and O–H groups in total. The lowest BCUT2D eigenvalue weighted by atomic mass is 9.86. The van der Waals surface area contributed by atoms with Gasteiger partial charge in [0.05, 0.1) is 41.1 Å². The van der Waals surface area contributed by atoms with E-state index in [2.05, 4.69) is 0 Å².